The van der Waals surface area contributed by atoms with Gasteiger partial charge in [0.15, 0.2) is 6.10 Å². The van der Waals surface area contributed by atoms with Gasteiger partial charge in [-0.05, 0) is 51.4 Å². The van der Waals surface area contributed by atoms with E-state index in [9.17, 15) is 44.6 Å². The second kappa shape index (κ2) is 32.4. The van der Waals surface area contributed by atoms with Crippen LogP contribution in [0.1, 0.15) is 155 Å². The second-order valence-electron chi connectivity index (χ2n) is 15.9. The van der Waals surface area contributed by atoms with Crippen LogP contribution < -0.4 is 0 Å². The van der Waals surface area contributed by atoms with Crippen LogP contribution in [0.4, 0.5) is 0 Å². The molecule has 1 saturated heterocycles. The van der Waals surface area contributed by atoms with Crippen molar-refractivity contribution in [3.05, 3.63) is 48.6 Å². The van der Waals surface area contributed by atoms with Gasteiger partial charge in [-0.15, -0.1) is 0 Å². The van der Waals surface area contributed by atoms with Gasteiger partial charge in [-0.2, -0.15) is 0 Å². The molecule has 2 fully saturated rings. The van der Waals surface area contributed by atoms with Gasteiger partial charge in [0.2, 0.25) is 0 Å². The summed E-state index contributed by atoms with van der Waals surface area (Å²) in [5.74, 6) is -1.18. The van der Waals surface area contributed by atoms with Crippen molar-refractivity contribution in [1.82, 2.24) is 0 Å². The highest BCUT2D eigenvalue weighted by atomic mass is 31.2. The monoisotopic (exact) mass is 873 g/mol. The van der Waals surface area contributed by atoms with Gasteiger partial charge in [0.05, 0.1) is 18.8 Å². The Morgan fingerprint density at radius 2 is 1.08 bits per heavy atom. The Bertz CT molecular complexity index is 1300. The first-order valence-electron chi connectivity index (χ1n) is 22.6. The Morgan fingerprint density at radius 3 is 1.65 bits per heavy atom. The van der Waals surface area contributed by atoms with E-state index in [-0.39, 0.29) is 25.0 Å². The van der Waals surface area contributed by atoms with Crippen LogP contribution in [0.2, 0.25) is 0 Å². The molecule has 15 heteroatoms. The normalized spacial score (nSPS) is 26.0. The number of aliphatic hydroxyl groups is 5. The molecule has 8 unspecified atom stereocenters. The predicted octanol–water partition coefficient (Wildman–Crippen LogP) is 7.38. The van der Waals surface area contributed by atoms with Crippen molar-refractivity contribution in [2.75, 3.05) is 13.2 Å². The Labute approximate surface area is 358 Å². The Hall–Kier alpha value is -2.23. The molecule has 14 nitrogen and oxygen atoms in total. The van der Waals surface area contributed by atoms with Crippen molar-refractivity contribution < 1.29 is 67.8 Å². The third-order valence-electron chi connectivity index (χ3n) is 10.6. The first kappa shape index (κ1) is 53.9. The zero-order valence-corrected chi connectivity index (χ0v) is 37.1. The van der Waals surface area contributed by atoms with E-state index < -0.39 is 75.7 Å². The Morgan fingerprint density at radius 1 is 0.600 bits per heavy atom. The van der Waals surface area contributed by atoms with Gasteiger partial charge in [-0.3, -0.25) is 18.6 Å². The molecule has 0 radical (unpaired) electrons. The molecule has 1 aliphatic heterocycles. The van der Waals surface area contributed by atoms with E-state index in [0.29, 0.717) is 19.3 Å². The number of hydrogen-bond donors (Lipinski definition) is 6. The Kier molecular flexibility index (Phi) is 29.1. The molecule has 2 aliphatic rings. The summed E-state index contributed by atoms with van der Waals surface area (Å²) in [5, 5.41) is 50.1. The standard InChI is InChI=1S/C45H77O14P/c1-3-5-7-9-11-13-14-15-16-18-20-22-27-31-38(46)55-33-35(34-56-60(53,54)59-45-43(51)41(49)40(48)42(50)44(45)52)57-39(47)32-28-24-23-26-30-37-36(58-37)29-25-21-19-17-12-10-8-6-4-2/h6,8,12,17,21,23,25-26,35-37,40-45,48-52H,3-5,7,9-11,13-16,18-20,22,24,27-34H2,1-2H3,(H,53,54)/b8-6-,17-12-,25-21-,26-23-. The number of ether oxygens (including phenoxy) is 3. The van der Waals surface area contributed by atoms with E-state index in [1.807, 2.05) is 12.2 Å². The molecule has 1 saturated carbocycles. The van der Waals surface area contributed by atoms with Crippen LogP contribution in [-0.4, -0.2) is 111 Å². The van der Waals surface area contributed by atoms with Crippen LogP contribution in [0.3, 0.4) is 0 Å². The predicted molar refractivity (Wildman–Crippen MR) is 230 cm³/mol. The summed E-state index contributed by atoms with van der Waals surface area (Å²) >= 11 is 0. The SMILES string of the molecule is CC/C=C\C/C=C\C/C=C\CC1OC1C/C=C\CCCC(=O)OC(COC(=O)CCCCCCCCCCCCCCC)COP(=O)(O)OC1C(O)C(O)C(O)C(O)C1O. The number of rotatable bonds is 35. The van der Waals surface area contributed by atoms with Crippen molar-refractivity contribution >= 4 is 19.8 Å². The van der Waals surface area contributed by atoms with Gasteiger partial charge in [-0.25, -0.2) is 4.57 Å². The Balaban J connectivity index is 1.75. The number of hydrogen-bond acceptors (Lipinski definition) is 13. The number of allylic oxidation sites excluding steroid dienone is 6. The first-order chi connectivity index (χ1) is 28.9. The molecular formula is C45H77O14P. The molecule has 8 atom stereocenters. The lowest BCUT2D eigenvalue weighted by Crippen LogP contribution is -2.64. The number of carbonyl (C=O) groups is 2. The largest absolute Gasteiger partial charge is 0.472 e. The van der Waals surface area contributed by atoms with Gasteiger partial charge in [0.1, 0.15) is 43.2 Å². The summed E-state index contributed by atoms with van der Waals surface area (Å²) in [6.45, 7) is 3.11. The summed E-state index contributed by atoms with van der Waals surface area (Å²) in [5.41, 5.74) is 0. The molecule has 1 heterocycles. The smallest absolute Gasteiger partial charge is 0.462 e. The third kappa shape index (κ3) is 24.4. The van der Waals surface area contributed by atoms with Gasteiger partial charge in [0, 0.05) is 12.8 Å². The number of unbranched alkanes of at least 4 members (excludes halogenated alkanes) is 13. The molecule has 346 valence electrons. The maximum absolute atomic E-state index is 12.8. The van der Waals surface area contributed by atoms with Gasteiger partial charge >= 0.3 is 19.8 Å². The molecule has 0 bridgehead atoms. The van der Waals surface area contributed by atoms with E-state index in [2.05, 4.69) is 50.3 Å². The number of carbonyl (C=O) groups excluding carboxylic acids is 2. The summed E-state index contributed by atoms with van der Waals surface area (Å²) in [4.78, 5) is 35.7. The number of aliphatic hydroxyl groups excluding tert-OH is 5. The van der Waals surface area contributed by atoms with E-state index >= 15 is 0 Å². The van der Waals surface area contributed by atoms with Crippen molar-refractivity contribution in [2.24, 2.45) is 0 Å². The van der Waals surface area contributed by atoms with E-state index in [4.69, 9.17) is 23.3 Å². The van der Waals surface area contributed by atoms with Crippen molar-refractivity contribution in [3.63, 3.8) is 0 Å². The van der Waals surface area contributed by atoms with Crippen molar-refractivity contribution in [2.45, 2.75) is 210 Å². The summed E-state index contributed by atoms with van der Waals surface area (Å²) in [6, 6.07) is 0. The van der Waals surface area contributed by atoms with Crippen LogP contribution in [0.15, 0.2) is 48.6 Å². The molecule has 0 aromatic rings. The molecule has 2 rings (SSSR count). The topological polar surface area (TPSA) is 222 Å². The van der Waals surface area contributed by atoms with Gasteiger partial charge in [-0.1, -0.05) is 140 Å². The molecule has 0 spiro atoms. The maximum Gasteiger partial charge on any atom is 0.472 e. The average Bonchev–Trinajstić information content (AvgIpc) is 3.99. The highest BCUT2D eigenvalue weighted by molar-refractivity contribution is 7.47. The molecule has 0 aromatic carbocycles. The van der Waals surface area contributed by atoms with E-state index in [1.165, 1.54) is 57.8 Å². The zero-order valence-electron chi connectivity index (χ0n) is 36.2. The fraction of sp³-hybridized carbons (Fsp3) is 0.778. The lowest BCUT2D eigenvalue weighted by molar-refractivity contribution is -0.220. The molecule has 0 amide bonds. The summed E-state index contributed by atoms with van der Waals surface area (Å²) in [7, 11) is -5.14. The van der Waals surface area contributed by atoms with Crippen LogP contribution in [0.25, 0.3) is 0 Å². The van der Waals surface area contributed by atoms with E-state index in [0.717, 1.165) is 51.4 Å². The van der Waals surface area contributed by atoms with Gasteiger partial charge < -0.3 is 44.6 Å². The summed E-state index contributed by atoms with van der Waals surface area (Å²) in [6.07, 6.45) is 24.8. The average molecular weight is 873 g/mol. The number of epoxide rings is 1. The lowest BCUT2D eigenvalue weighted by atomic mass is 9.85. The highest BCUT2D eigenvalue weighted by Crippen LogP contribution is 2.47. The van der Waals surface area contributed by atoms with Crippen molar-refractivity contribution in [1.29, 1.82) is 0 Å². The number of esters is 2. The van der Waals surface area contributed by atoms with Crippen LogP contribution in [0.5, 0.6) is 0 Å². The zero-order chi connectivity index (χ0) is 44.0. The highest BCUT2D eigenvalue weighted by Gasteiger charge is 2.51. The molecule has 1 aliphatic carbocycles. The fourth-order valence-corrected chi connectivity index (χ4v) is 7.81. The molecule has 60 heavy (non-hydrogen) atoms. The molecule has 0 aromatic heterocycles. The second-order valence-corrected chi connectivity index (χ2v) is 17.3. The lowest BCUT2D eigenvalue weighted by Gasteiger charge is -2.41. The molecule has 6 N–H and O–H groups in total. The molecular weight excluding hydrogens is 795 g/mol. The number of phosphoric ester groups is 1. The summed E-state index contributed by atoms with van der Waals surface area (Å²) < 4.78 is 39.2. The minimum atomic E-state index is -5.14. The first-order valence-corrected chi connectivity index (χ1v) is 24.1. The number of phosphoric acid groups is 1. The van der Waals surface area contributed by atoms with E-state index in [1.54, 1.807) is 0 Å². The minimum absolute atomic E-state index is 0.0102. The third-order valence-corrected chi connectivity index (χ3v) is 11.6. The quantitative estimate of drug-likeness (QED) is 0.0120. The van der Waals surface area contributed by atoms with Crippen LogP contribution in [0, 0.1) is 0 Å². The van der Waals surface area contributed by atoms with Gasteiger partial charge in [0.25, 0.3) is 0 Å². The minimum Gasteiger partial charge on any atom is -0.462 e. The fourth-order valence-electron chi connectivity index (χ4n) is 6.83. The maximum atomic E-state index is 12.8. The van der Waals surface area contributed by atoms with Crippen LogP contribution in [-0.2, 0) is 37.4 Å². The van der Waals surface area contributed by atoms with Crippen LogP contribution >= 0.6 is 7.82 Å². The van der Waals surface area contributed by atoms with Crippen molar-refractivity contribution in [3.8, 4) is 0 Å².